The highest BCUT2D eigenvalue weighted by molar-refractivity contribution is 6.82. The molecule has 2 nitrogen and oxygen atoms in total. The van der Waals surface area contributed by atoms with E-state index < -0.39 is 8.32 Å². The zero-order valence-corrected chi connectivity index (χ0v) is 12.8. The highest BCUT2D eigenvalue weighted by atomic mass is 28.4. The Morgan fingerprint density at radius 2 is 2.06 bits per heavy atom. The Morgan fingerprint density at radius 3 is 2.44 bits per heavy atom. The van der Waals surface area contributed by atoms with Crippen molar-refractivity contribution in [3.05, 3.63) is 23.9 Å². The van der Waals surface area contributed by atoms with Crippen molar-refractivity contribution in [1.29, 1.82) is 0 Å². The van der Waals surface area contributed by atoms with E-state index in [2.05, 4.69) is 24.9 Å². The van der Waals surface area contributed by atoms with Crippen molar-refractivity contribution in [2.75, 3.05) is 0 Å². The van der Waals surface area contributed by atoms with Gasteiger partial charge in [0.2, 0.25) is 0 Å². The van der Waals surface area contributed by atoms with Gasteiger partial charge in [-0.15, -0.1) is 0 Å². The average molecular weight is 264 g/mol. The summed E-state index contributed by atoms with van der Waals surface area (Å²) in [7, 11) is -2.14. The molecule has 1 unspecified atom stereocenters. The van der Waals surface area contributed by atoms with E-state index in [4.69, 9.17) is 4.43 Å². The van der Waals surface area contributed by atoms with Crippen molar-refractivity contribution >= 4 is 14.3 Å². The molecular weight excluding hydrogens is 240 g/mol. The summed E-state index contributed by atoms with van der Waals surface area (Å²) in [6.07, 6.45) is 8.47. The van der Waals surface area contributed by atoms with Gasteiger partial charge in [-0.3, -0.25) is 0 Å². The third-order valence-electron chi connectivity index (χ3n) is 4.93. The second kappa shape index (κ2) is 4.69. The molecule has 0 aromatic rings. The normalized spacial score (nSPS) is 33.6. The largest absolute Gasteiger partial charge is 0.512 e. The zero-order valence-electron chi connectivity index (χ0n) is 11.8. The Labute approximate surface area is 111 Å². The standard InChI is InChI=1S/C15H24O2Si/c1-5-10-18(4,17-14(16)12(2)3)15-8-6-13(11-15)7-9-15/h5,10,13H,2,6-9,11H2,1,3-4H3. The third-order valence-corrected chi connectivity index (χ3v) is 9.32. The maximum atomic E-state index is 11.9. The van der Waals surface area contributed by atoms with Gasteiger partial charge in [0.15, 0.2) is 0 Å². The predicted molar refractivity (Wildman–Crippen MR) is 76.6 cm³/mol. The molecule has 0 heterocycles. The molecule has 2 aliphatic rings. The van der Waals surface area contributed by atoms with Crippen LogP contribution in [0.15, 0.2) is 23.9 Å². The molecule has 0 radical (unpaired) electrons. The SMILES string of the molecule is C=C(C)C(=O)O[Si](C)(C=CC)C12CCC(CC1)C2. The number of carbonyl (C=O) groups excluding carboxylic acids is 1. The minimum atomic E-state index is -2.14. The minimum absolute atomic E-state index is 0.202. The van der Waals surface area contributed by atoms with Gasteiger partial charge in [-0.05, 0) is 45.6 Å². The number of fused-ring (bicyclic) bond motifs is 2. The van der Waals surface area contributed by atoms with Gasteiger partial charge in [0.05, 0.1) is 0 Å². The lowest BCUT2D eigenvalue weighted by atomic mass is 10.0. The second-order valence-corrected chi connectivity index (χ2v) is 10.0. The number of hydrogen-bond donors (Lipinski definition) is 0. The van der Waals surface area contributed by atoms with E-state index in [1.165, 1.54) is 32.1 Å². The van der Waals surface area contributed by atoms with Crippen molar-refractivity contribution < 1.29 is 9.22 Å². The van der Waals surface area contributed by atoms with Crippen LogP contribution in [0.3, 0.4) is 0 Å². The quantitative estimate of drug-likeness (QED) is 0.563. The molecule has 0 amide bonds. The van der Waals surface area contributed by atoms with Crippen molar-refractivity contribution in [2.24, 2.45) is 5.92 Å². The van der Waals surface area contributed by atoms with E-state index in [0.29, 0.717) is 10.6 Å². The molecule has 0 saturated heterocycles. The lowest BCUT2D eigenvalue weighted by Gasteiger charge is -2.40. The van der Waals surface area contributed by atoms with E-state index in [-0.39, 0.29) is 5.97 Å². The molecule has 0 aromatic carbocycles. The van der Waals surface area contributed by atoms with Crippen molar-refractivity contribution in [3.8, 4) is 0 Å². The molecule has 0 N–H and O–H groups in total. The minimum Gasteiger partial charge on any atom is -0.512 e. The van der Waals surface area contributed by atoms with Gasteiger partial charge in [-0.25, -0.2) is 4.79 Å². The van der Waals surface area contributed by atoms with Crippen LogP contribution < -0.4 is 0 Å². The zero-order chi connectivity index (χ0) is 13.4. The second-order valence-electron chi connectivity index (χ2n) is 6.20. The van der Waals surface area contributed by atoms with Crippen LogP contribution in [0.2, 0.25) is 11.6 Å². The number of carbonyl (C=O) groups is 1. The van der Waals surface area contributed by atoms with Crippen LogP contribution in [-0.4, -0.2) is 14.3 Å². The summed E-state index contributed by atoms with van der Waals surface area (Å²) >= 11 is 0. The summed E-state index contributed by atoms with van der Waals surface area (Å²) < 4.78 is 5.96. The van der Waals surface area contributed by atoms with E-state index in [1.807, 2.05) is 6.92 Å². The highest BCUT2D eigenvalue weighted by Crippen LogP contribution is 2.64. The van der Waals surface area contributed by atoms with Crippen LogP contribution in [0.4, 0.5) is 0 Å². The molecule has 0 aliphatic heterocycles. The molecular formula is C15H24O2Si. The fraction of sp³-hybridized carbons (Fsp3) is 0.667. The summed E-state index contributed by atoms with van der Waals surface area (Å²) in [6, 6.07) is 0. The van der Waals surface area contributed by atoms with Gasteiger partial charge < -0.3 is 4.43 Å². The van der Waals surface area contributed by atoms with Gasteiger partial charge in [0.1, 0.15) is 0 Å². The number of hydrogen-bond acceptors (Lipinski definition) is 2. The first kappa shape index (κ1) is 13.6. The third kappa shape index (κ3) is 2.09. The van der Waals surface area contributed by atoms with Gasteiger partial charge >= 0.3 is 5.97 Å². The first-order chi connectivity index (χ1) is 8.42. The lowest BCUT2D eigenvalue weighted by Crippen LogP contribution is -2.46. The first-order valence-electron chi connectivity index (χ1n) is 6.95. The smallest absolute Gasteiger partial charge is 0.320 e. The fourth-order valence-electron chi connectivity index (χ4n) is 3.81. The Hall–Kier alpha value is -0.833. The average Bonchev–Trinajstić information content (AvgIpc) is 2.90. The topological polar surface area (TPSA) is 26.3 Å². The van der Waals surface area contributed by atoms with Gasteiger partial charge in [0.25, 0.3) is 8.32 Å². The summed E-state index contributed by atoms with van der Waals surface area (Å²) in [5.74, 6) is 0.678. The summed E-state index contributed by atoms with van der Waals surface area (Å²) in [6.45, 7) is 9.68. The summed E-state index contributed by atoms with van der Waals surface area (Å²) in [4.78, 5) is 11.9. The Morgan fingerprint density at radius 1 is 1.44 bits per heavy atom. The lowest BCUT2D eigenvalue weighted by molar-refractivity contribution is -0.131. The van der Waals surface area contributed by atoms with Gasteiger partial charge in [0, 0.05) is 10.6 Å². The Kier molecular flexibility index (Phi) is 3.54. The fourth-order valence-corrected chi connectivity index (χ4v) is 7.62. The highest BCUT2D eigenvalue weighted by Gasteiger charge is 2.59. The summed E-state index contributed by atoms with van der Waals surface area (Å²) in [5.41, 5.74) is 2.73. The maximum absolute atomic E-state index is 11.9. The van der Waals surface area contributed by atoms with E-state index in [0.717, 1.165) is 5.92 Å². The van der Waals surface area contributed by atoms with Crippen LogP contribution in [0.1, 0.15) is 46.0 Å². The van der Waals surface area contributed by atoms with Crippen molar-refractivity contribution in [3.63, 3.8) is 0 Å². The van der Waals surface area contributed by atoms with Crippen molar-refractivity contribution in [2.45, 2.75) is 57.5 Å². The molecule has 1 atom stereocenters. The molecule has 2 bridgehead atoms. The van der Waals surface area contributed by atoms with Gasteiger partial charge in [-0.1, -0.05) is 31.2 Å². The molecule has 100 valence electrons. The van der Waals surface area contributed by atoms with E-state index in [9.17, 15) is 4.79 Å². The maximum Gasteiger partial charge on any atom is 0.320 e. The molecule has 2 rings (SSSR count). The Bertz CT molecular complexity index is 391. The van der Waals surface area contributed by atoms with Crippen LogP contribution >= 0.6 is 0 Å². The van der Waals surface area contributed by atoms with Crippen LogP contribution in [0.25, 0.3) is 0 Å². The van der Waals surface area contributed by atoms with Crippen molar-refractivity contribution in [1.82, 2.24) is 0 Å². The molecule has 0 spiro atoms. The molecule has 2 aliphatic carbocycles. The molecule has 2 saturated carbocycles. The monoisotopic (exact) mass is 264 g/mol. The Balaban J connectivity index is 2.26. The number of allylic oxidation sites excluding steroid dienone is 1. The predicted octanol–water partition coefficient (Wildman–Crippen LogP) is 4.13. The molecule has 3 heteroatoms. The summed E-state index contributed by atoms with van der Waals surface area (Å²) in [5, 5.41) is 0.301. The molecule has 18 heavy (non-hydrogen) atoms. The van der Waals surface area contributed by atoms with Crippen LogP contribution in [-0.2, 0) is 9.22 Å². The van der Waals surface area contributed by atoms with E-state index >= 15 is 0 Å². The number of rotatable bonds is 4. The first-order valence-corrected chi connectivity index (χ1v) is 9.44. The van der Waals surface area contributed by atoms with E-state index in [1.54, 1.807) is 6.92 Å². The van der Waals surface area contributed by atoms with Crippen LogP contribution in [0.5, 0.6) is 0 Å². The van der Waals surface area contributed by atoms with Gasteiger partial charge in [-0.2, -0.15) is 0 Å². The van der Waals surface area contributed by atoms with Crippen LogP contribution in [0, 0.1) is 5.92 Å². The molecule has 2 fully saturated rings. The molecule has 0 aromatic heterocycles.